The van der Waals surface area contributed by atoms with Crippen LogP contribution in [0.3, 0.4) is 0 Å². The standard InChI is InChI=1S/C17H21FN4O/c1-22(2)10-4-8-19-16-11-13(7-9-20-16)17(23)21-15-6-3-5-14(18)12-15/h3,5-7,9,11-12H,4,8,10H2,1-2H3,(H,19,20)(H,21,23). The molecule has 2 N–H and O–H groups in total. The monoisotopic (exact) mass is 316 g/mol. The minimum atomic E-state index is -0.388. The molecule has 0 radical (unpaired) electrons. The van der Waals surface area contributed by atoms with E-state index in [0.717, 1.165) is 19.5 Å². The van der Waals surface area contributed by atoms with Crippen LogP contribution in [-0.4, -0.2) is 43.0 Å². The summed E-state index contributed by atoms with van der Waals surface area (Å²) in [6, 6.07) is 9.11. The van der Waals surface area contributed by atoms with Crippen LogP contribution in [0, 0.1) is 5.82 Å². The SMILES string of the molecule is CN(C)CCCNc1cc(C(=O)Nc2cccc(F)c2)ccn1. The van der Waals surface area contributed by atoms with E-state index >= 15 is 0 Å². The first-order valence-corrected chi connectivity index (χ1v) is 7.46. The fourth-order valence-electron chi connectivity index (χ4n) is 2.05. The molecule has 0 fully saturated rings. The number of aromatic nitrogens is 1. The van der Waals surface area contributed by atoms with Gasteiger partial charge < -0.3 is 15.5 Å². The topological polar surface area (TPSA) is 57.3 Å². The molecule has 0 aliphatic carbocycles. The molecular formula is C17H21FN4O. The summed E-state index contributed by atoms with van der Waals surface area (Å²) in [5, 5.41) is 5.86. The molecule has 6 heteroatoms. The Kier molecular flexibility index (Phi) is 6.05. The van der Waals surface area contributed by atoms with Crippen LogP contribution in [0.2, 0.25) is 0 Å². The molecule has 0 unspecified atom stereocenters. The Bertz CT molecular complexity index is 661. The van der Waals surface area contributed by atoms with Crippen molar-refractivity contribution in [3.05, 3.63) is 54.0 Å². The van der Waals surface area contributed by atoms with Crippen LogP contribution in [0.5, 0.6) is 0 Å². The van der Waals surface area contributed by atoms with Crippen LogP contribution in [-0.2, 0) is 0 Å². The van der Waals surface area contributed by atoms with Gasteiger partial charge in [-0.1, -0.05) is 6.07 Å². The largest absolute Gasteiger partial charge is 0.370 e. The fourth-order valence-corrected chi connectivity index (χ4v) is 2.05. The van der Waals surface area contributed by atoms with Gasteiger partial charge in [-0.15, -0.1) is 0 Å². The van der Waals surface area contributed by atoms with Crippen molar-refractivity contribution in [1.29, 1.82) is 0 Å². The Balaban J connectivity index is 1.94. The first kappa shape index (κ1) is 16.9. The molecule has 1 aromatic heterocycles. The van der Waals surface area contributed by atoms with E-state index in [9.17, 15) is 9.18 Å². The molecule has 0 saturated heterocycles. The lowest BCUT2D eigenvalue weighted by Gasteiger charge is -2.11. The zero-order chi connectivity index (χ0) is 16.7. The average Bonchev–Trinajstić information content (AvgIpc) is 2.52. The van der Waals surface area contributed by atoms with E-state index in [2.05, 4.69) is 20.5 Å². The molecule has 1 heterocycles. The minimum absolute atomic E-state index is 0.297. The number of hydrogen-bond acceptors (Lipinski definition) is 4. The molecule has 0 aliphatic heterocycles. The third-order valence-corrected chi connectivity index (χ3v) is 3.19. The predicted octanol–water partition coefficient (Wildman–Crippen LogP) is 2.84. The van der Waals surface area contributed by atoms with Crippen molar-refractivity contribution >= 4 is 17.4 Å². The lowest BCUT2D eigenvalue weighted by atomic mass is 10.2. The van der Waals surface area contributed by atoms with Gasteiger partial charge in [0.2, 0.25) is 0 Å². The molecule has 2 aromatic rings. The maximum atomic E-state index is 13.1. The van der Waals surface area contributed by atoms with Crippen molar-refractivity contribution in [1.82, 2.24) is 9.88 Å². The summed E-state index contributed by atoms with van der Waals surface area (Å²) in [7, 11) is 4.05. The molecule has 122 valence electrons. The number of nitrogens with one attached hydrogen (secondary N) is 2. The molecule has 23 heavy (non-hydrogen) atoms. The Morgan fingerprint density at radius 1 is 1.26 bits per heavy atom. The molecular weight excluding hydrogens is 295 g/mol. The van der Waals surface area contributed by atoms with Crippen LogP contribution in [0.15, 0.2) is 42.6 Å². The first-order chi connectivity index (χ1) is 11.0. The summed E-state index contributed by atoms with van der Waals surface area (Å²) >= 11 is 0. The normalized spacial score (nSPS) is 10.6. The highest BCUT2D eigenvalue weighted by Gasteiger charge is 2.08. The van der Waals surface area contributed by atoms with Gasteiger partial charge in [-0.2, -0.15) is 0 Å². The lowest BCUT2D eigenvalue weighted by Crippen LogP contribution is -2.17. The van der Waals surface area contributed by atoms with E-state index < -0.39 is 0 Å². The maximum Gasteiger partial charge on any atom is 0.255 e. The number of carbonyl (C=O) groups is 1. The number of amides is 1. The fraction of sp³-hybridized carbons (Fsp3) is 0.294. The number of nitrogens with zero attached hydrogens (tertiary/aromatic N) is 2. The van der Waals surface area contributed by atoms with Crippen molar-refractivity contribution in [3.63, 3.8) is 0 Å². The molecule has 0 bridgehead atoms. The van der Waals surface area contributed by atoms with E-state index in [4.69, 9.17) is 0 Å². The summed E-state index contributed by atoms with van der Waals surface area (Å²) in [4.78, 5) is 18.5. The molecule has 1 amide bonds. The van der Waals surface area contributed by atoms with Gasteiger partial charge in [0.25, 0.3) is 5.91 Å². The van der Waals surface area contributed by atoms with Crippen LogP contribution in [0.4, 0.5) is 15.9 Å². The summed E-state index contributed by atoms with van der Waals surface area (Å²) in [6.45, 7) is 1.76. The second-order valence-electron chi connectivity index (χ2n) is 5.48. The second-order valence-corrected chi connectivity index (χ2v) is 5.48. The quantitative estimate of drug-likeness (QED) is 0.771. The smallest absolute Gasteiger partial charge is 0.255 e. The maximum absolute atomic E-state index is 13.1. The van der Waals surface area contributed by atoms with Crippen LogP contribution in [0.25, 0.3) is 0 Å². The van der Waals surface area contributed by atoms with Gasteiger partial charge >= 0.3 is 0 Å². The average molecular weight is 316 g/mol. The molecule has 0 aliphatic rings. The number of benzene rings is 1. The summed E-state index contributed by atoms with van der Waals surface area (Å²) in [6.07, 6.45) is 2.56. The van der Waals surface area contributed by atoms with Crippen molar-refractivity contribution in [2.24, 2.45) is 0 Å². The summed E-state index contributed by atoms with van der Waals surface area (Å²) in [5.41, 5.74) is 0.895. The minimum Gasteiger partial charge on any atom is -0.370 e. The highest BCUT2D eigenvalue weighted by molar-refractivity contribution is 6.04. The van der Waals surface area contributed by atoms with Crippen molar-refractivity contribution in [2.45, 2.75) is 6.42 Å². The number of pyridine rings is 1. The third kappa shape index (κ3) is 5.67. The van der Waals surface area contributed by atoms with Crippen molar-refractivity contribution < 1.29 is 9.18 Å². The van der Waals surface area contributed by atoms with Gasteiger partial charge in [-0.05, 0) is 57.4 Å². The number of anilines is 2. The van der Waals surface area contributed by atoms with Crippen LogP contribution < -0.4 is 10.6 Å². The molecule has 2 rings (SSSR count). The van der Waals surface area contributed by atoms with E-state index in [-0.39, 0.29) is 11.7 Å². The molecule has 1 aromatic carbocycles. The molecule has 0 spiro atoms. The summed E-state index contributed by atoms with van der Waals surface area (Å²) < 4.78 is 13.1. The highest BCUT2D eigenvalue weighted by atomic mass is 19.1. The number of rotatable bonds is 7. The number of carbonyl (C=O) groups excluding carboxylic acids is 1. The van der Waals surface area contributed by atoms with E-state index in [0.29, 0.717) is 17.1 Å². The van der Waals surface area contributed by atoms with Crippen molar-refractivity contribution in [2.75, 3.05) is 37.8 Å². The lowest BCUT2D eigenvalue weighted by molar-refractivity contribution is 0.102. The number of halogens is 1. The van der Waals surface area contributed by atoms with Gasteiger partial charge in [0, 0.05) is 24.0 Å². The second kappa shape index (κ2) is 8.24. The van der Waals surface area contributed by atoms with Gasteiger partial charge in [-0.3, -0.25) is 4.79 Å². The van der Waals surface area contributed by atoms with E-state index in [1.54, 1.807) is 30.5 Å². The Hall–Kier alpha value is -2.47. The summed E-state index contributed by atoms with van der Waals surface area (Å²) in [5.74, 6) is -0.0363. The molecule has 0 atom stereocenters. The van der Waals surface area contributed by atoms with Crippen molar-refractivity contribution in [3.8, 4) is 0 Å². The molecule has 0 saturated carbocycles. The Morgan fingerprint density at radius 3 is 2.83 bits per heavy atom. The van der Waals surface area contributed by atoms with Crippen LogP contribution >= 0.6 is 0 Å². The van der Waals surface area contributed by atoms with Gasteiger partial charge in [0.1, 0.15) is 11.6 Å². The first-order valence-electron chi connectivity index (χ1n) is 7.46. The van der Waals surface area contributed by atoms with Gasteiger partial charge in [0.05, 0.1) is 0 Å². The molecule has 5 nitrogen and oxygen atoms in total. The van der Waals surface area contributed by atoms with E-state index in [1.165, 1.54) is 12.1 Å². The van der Waals surface area contributed by atoms with Gasteiger partial charge in [0.15, 0.2) is 0 Å². The Labute approximate surface area is 135 Å². The predicted molar refractivity (Wildman–Crippen MR) is 90.3 cm³/mol. The Morgan fingerprint density at radius 2 is 2.09 bits per heavy atom. The number of hydrogen-bond donors (Lipinski definition) is 2. The van der Waals surface area contributed by atoms with E-state index in [1.807, 2.05) is 14.1 Å². The van der Waals surface area contributed by atoms with Crippen LogP contribution in [0.1, 0.15) is 16.8 Å². The van der Waals surface area contributed by atoms with Gasteiger partial charge in [-0.25, -0.2) is 9.37 Å². The third-order valence-electron chi connectivity index (χ3n) is 3.19. The zero-order valence-corrected chi connectivity index (χ0v) is 13.3. The zero-order valence-electron chi connectivity index (χ0n) is 13.3. The highest BCUT2D eigenvalue weighted by Crippen LogP contribution is 2.13.